The van der Waals surface area contributed by atoms with Crippen LogP contribution in [0.1, 0.15) is 30.1 Å². The van der Waals surface area contributed by atoms with Crippen molar-refractivity contribution >= 4 is 5.96 Å². The lowest BCUT2D eigenvalue weighted by Crippen LogP contribution is -2.39. The van der Waals surface area contributed by atoms with Crippen molar-refractivity contribution in [1.82, 2.24) is 25.4 Å². The molecule has 1 atom stereocenters. The first-order chi connectivity index (χ1) is 15.7. The summed E-state index contributed by atoms with van der Waals surface area (Å²) in [4.78, 5) is 4.70. The number of nitrogens with zero attached hydrogens (tertiary/aromatic N) is 4. The molecule has 3 rings (SSSR count). The molecule has 0 saturated carbocycles. The number of rotatable bonds is 12. The number of benzene rings is 1. The number of methoxy groups -OCH3 is 1. The lowest BCUT2D eigenvalue weighted by atomic mass is 10.1. The number of ether oxygens (including phenoxy) is 3. The van der Waals surface area contributed by atoms with Gasteiger partial charge < -0.3 is 29.4 Å². The molecule has 1 aromatic carbocycles. The second-order valence-electron chi connectivity index (χ2n) is 8.00. The summed E-state index contributed by atoms with van der Waals surface area (Å²) < 4.78 is 18.4. The van der Waals surface area contributed by atoms with Crippen LogP contribution in [0.15, 0.2) is 29.3 Å². The van der Waals surface area contributed by atoms with Gasteiger partial charge >= 0.3 is 0 Å². The van der Waals surface area contributed by atoms with Crippen molar-refractivity contribution < 1.29 is 14.2 Å². The minimum Gasteiger partial charge on any atom is -0.497 e. The van der Waals surface area contributed by atoms with Gasteiger partial charge in [0.15, 0.2) is 11.8 Å². The predicted molar refractivity (Wildman–Crippen MR) is 124 cm³/mol. The molecule has 2 aromatic rings. The Balaban J connectivity index is 1.44. The molecule has 0 bridgehead atoms. The van der Waals surface area contributed by atoms with E-state index in [9.17, 15) is 0 Å². The zero-order valence-corrected chi connectivity index (χ0v) is 19.5. The Kier molecular flexibility index (Phi) is 9.77. The second-order valence-corrected chi connectivity index (χ2v) is 8.00. The Morgan fingerprint density at radius 3 is 2.72 bits per heavy atom. The van der Waals surface area contributed by atoms with Gasteiger partial charge in [0.25, 0.3) is 0 Å². The summed E-state index contributed by atoms with van der Waals surface area (Å²) in [6, 6.07) is 8.13. The highest BCUT2D eigenvalue weighted by molar-refractivity contribution is 5.79. The van der Waals surface area contributed by atoms with E-state index in [1.807, 2.05) is 30.7 Å². The minimum absolute atomic E-state index is 0.466. The Hall–Kier alpha value is -2.65. The van der Waals surface area contributed by atoms with E-state index in [-0.39, 0.29) is 0 Å². The van der Waals surface area contributed by atoms with Crippen molar-refractivity contribution in [2.45, 2.75) is 32.7 Å². The normalized spacial score (nSPS) is 16.3. The molecule has 1 aliphatic heterocycles. The SMILES string of the molecule is COc1ccc(CCNC(=NCc2nnc(C)n2C)NCCCOCC2CCOC2)cc1. The van der Waals surface area contributed by atoms with E-state index in [0.717, 1.165) is 82.1 Å². The van der Waals surface area contributed by atoms with Gasteiger partial charge in [0.2, 0.25) is 0 Å². The highest BCUT2D eigenvalue weighted by Gasteiger charge is 2.15. The molecule has 176 valence electrons. The number of hydrogen-bond acceptors (Lipinski definition) is 6. The standard InChI is InChI=1S/C23H36N6O3/c1-18-27-28-22(29(18)2)15-26-23(24-11-4-13-31-16-20-10-14-32-17-20)25-12-9-19-5-7-21(30-3)8-6-19/h5-8,20H,4,9-17H2,1-3H3,(H2,24,25,26). The summed E-state index contributed by atoms with van der Waals surface area (Å²) in [7, 11) is 3.63. The Labute approximate surface area is 190 Å². The fourth-order valence-electron chi connectivity index (χ4n) is 3.38. The smallest absolute Gasteiger partial charge is 0.191 e. The summed E-state index contributed by atoms with van der Waals surface area (Å²) in [6.45, 7) is 7.16. The molecular formula is C23H36N6O3. The first-order valence-electron chi connectivity index (χ1n) is 11.3. The van der Waals surface area contributed by atoms with Crippen LogP contribution in [0.25, 0.3) is 0 Å². The number of hydrogen-bond donors (Lipinski definition) is 2. The number of aliphatic imine (C=N–C) groups is 1. The number of aryl methyl sites for hydroxylation is 1. The van der Waals surface area contributed by atoms with Crippen LogP contribution in [-0.2, 0) is 29.5 Å². The quantitative estimate of drug-likeness (QED) is 0.293. The van der Waals surface area contributed by atoms with Crippen molar-refractivity contribution in [2.24, 2.45) is 18.0 Å². The predicted octanol–water partition coefficient (Wildman–Crippen LogP) is 1.85. The van der Waals surface area contributed by atoms with Gasteiger partial charge in [-0.2, -0.15) is 0 Å². The maximum absolute atomic E-state index is 5.79. The van der Waals surface area contributed by atoms with Gasteiger partial charge in [-0.3, -0.25) is 0 Å². The molecule has 1 saturated heterocycles. The molecule has 0 amide bonds. The van der Waals surface area contributed by atoms with Crippen LogP contribution in [0.4, 0.5) is 0 Å². The third kappa shape index (κ3) is 7.80. The first kappa shape index (κ1) is 24.0. The highest BCUT2D eigenvalue weighted by Crippen LogP contribution is 2.12. The topological polar surface area (TPSA) is 94.8 Å². The molecule has 2 N–H and O–H groups in total. The van der Waals surface area contributed by atoms with Crippen molar-refractivity contribution in [3.05, 3.63) is 41.5 Å². The molecule has 0 spiro atoms. The van der Waals surface area contributed by atoms with E-state index in [0.29, 0.717) is 12.5 Å². The number of aromatic nitrogens is 3. The molecular weight excluding hydrogens is 408 g/mol. The molecule has 9 heteroatoms. The molecule has 1 aliphatic rings. The fourth-order valence-corrected chi connectivity index (χ4v) is 3.38. The zero-order valence-electron chi connectivity index (χ0n) is 19.5. The van der Waals surface area contributed by atoms with Crippen LogP contribution in [0, 0.1) is 12.8 Å². The van der Waals surface area contributed by atoms with Gasteiger partial charge in [0.05, 0.1) is 20.3 Å². The van der Waals surface area contributed by atoms with Crippen LogP contribution >= 0.6 is 0 Å². The van der Waals surface area contributed by atoms with Gasteiger partial charge in [-0.05, 0) is 43.9 Å². The molecule has 0 aliphatic carbocycles. The zero-order chi connectivity index (χ0) is 22.6. The van der Waals surface area contributed by atoms with E-state index in [1.165, 1.54) is 5.56 Å². The average molecular weight is 445 g/mol. The Morgan fingerprint density at radius 1 is 1.22 bits per heavy atom. The van der Waals surface area contributed by atoms with Gasteiger partial charge in [-0.1, -0.05) is 12.1 Å². The fraction of sp³-hybridized carbons (Fsp3) is 0.609. The van der Waals surface area contributed by atoms with Gasteiger partial charge in [0, 0.05) is 39.3 Å². The van der Waals surface area contributed by atoms with E-state index in [4.69, 9.17) is 19.2 Å². The summed E-state index contributed by atoms with van der Waals surface area (Å²) in [6.07, 6.45) is 2.91. The maximum atomic E-state index is 5.79. The third-order valence-corrected chi connectivity index (χ3v) is 5.56. The van der Waals surface area contributed by atoms with Crippen molar-refractivity contribution in [3.63, 3.8) is 0 Å². The van der Waals surface area contributed by atoms with E-state index < -0.39 is 0 Å². The molecule has 9 nitrogen and oxygen atoms in total. The molecule has 1 aromatic heterocycles. The lowest BCUT2D eigenvalue weighted by molar-refractivity contribution is 0.0888. The summed E-state index contributed by atoms with van der Waals surface area (Å²) >= 11 is 0. The van der Waals surface area contributed by atoms with E-state index in [2.05, 4.69) is 33.0 Å². The van der Waals surface area contributed by atoms with Crippen molar-refractivity contribution in [1.29, 1.82) is 0 Å². The van der Waals surface area contributed by atoms with Crippen LogP contribution in [0.3, 0.4) is 0 Å². The maximum Gasteiger partial charge on any atom is 0.191 e. The lowest BCUT2D eigenvalue weighted by Gasteiger charge is -2.13. The Bertz CT molecular complexity index is 831. The van der Waals surface area contributed by atoms with Crippen LogP contribution in [-0.4, -0.2) is 67.4 Å². The number of nitrogens with one attached hydrogen (secondary N) is 2. The highest BCUT2D eigenvalue weighted by atomic mass is 16.5. The van der Waals surface area contributed by atoms with Crippen LogP contribution < -0.4 is 15.4 Å². The number of guanidine groups is 1. The summed E-state index contributed by atoms with van der Waals surface area (Å²) in [5.74, 6) is 3.90. The molecule has 1 unspecified atom stereocenters. The van der Waals surface area contributed by atoms with E-state index in [1.54, 1.807) is 7.11 Å². The molecule has 32 heavy (non-hydrogen) atoms. The van der Waals surface area contributed by atoms with Crippen LogP contribution in [0.2, 0.25) is 0 Å². The molecule has 0 radical (unpaired) electrons. The van der Waals surface area contributed by atoms with Gasteiger partial charge in [-0.15, -0.1) is 10.2 Å². The second kappa shape index (κ2) is 13.0. The minimum atomic E-state index is 0.466. The third-order valence-electron chi connectivity index (χ3n) is 5.56. The summed E-state index contributed by atoms with van der Waals surface area (Å²) in [5, 5.41) is 15.1. The molecule has 1 fully saturated rings. The van der Waals surface area contributed by atoms with Crippen molar-refractivity contribution in [3.8, 4) is 5.75 Å². The average Bonchev–Trinajstić information content (AvgIpc) is 3.44. The monoisotopic (exact) mass is 444 g/mol. The van der Waals surface area contributed by atoms with Gasteiger partial charge in [0.1, 0.15) is 18.1 Å². The Morgan fingerprint density at radius 2 is 2.03 bits per heavy atom. The molecule has 2 heterocycles. The van der Waals surface area contributed by atoms with Crippen molar-refractivity contribution in [2.75, 3.05) is 46.6 Å². The van der Waals surface area contributed by atoms with E-state index >= 15 is 0 Å². The largest absolute Gasteiger partial charge is 0.497 e. The van der Waals surface area contributed by atoms with Crippen LogP contribution in [0.5, 0.6) is 5.75 Å². The summed E-state index contributed by atoms with van der Waals surface area (Å²) in [5.41, 5.74) is 1.24. The van der Waals surface area contributed by atoms with Gasteiger partial charge in [-0.25, -0.2) is 4.99 Å². The first-order valence-corrected chi connectivity index (χ1v) is 11.3.